The predicted octanol–water partition coefficient (Wildman–Crippen LogP) is 3.58. The fraction of sp³-hybridized carbons (Fsp3) is 0.111. The number of carbonyl (C=O) groups excluding carboxylic acids is 3. The van der Waals surface area contributed by atoms with Gasteiger partial charge in [-0.15, -0.1) is 0 Å². The number of nitrogens with two attached hydrogens (primary N) is 1. The molecular weight excluding hydrogens is 556 g/mol. The second-order valence-electron chi connectivity index (χ2n) is 8.27. The number of benzene rings is 3. The predicted molar refractivity (Wildman–Crippen MR) is 152 cm³/mol. The first-order valence-corrected chi connectivity index (χ1v) is 14.2. The number of hydrogen-bond acceptors (Lipinski definition) is 9. The molecule has 1 aliphatic rings. The van der Waals surface area contributed by atoms with Gasteiger partial charge in [0.15, 0.2) is 11.8 Å². The lowest BCUT2D eigenvalue weighted by Crippen LogP contribution is -2.28. The third-order valence-electron chi connectivity index (χ3n) is 5.49. The number of primary sulfonamides is 1. The Morgan fingerprint density at radius 1 is 1.05 bits per heavy atom. The van der Waals surface area contributed by atoms with E-state index >= 15 is 0 Å². The van der Waals surface area contributed by atoms with Crippen molar-refractivity contribution >= 4 is 62.2 Å². The molecule has 0 aromatic heterocycles. The molecule has 3 aromatic carbocycles. The molecule has 40 heavy (non-hydrogen) atoms. The summed E-state index contributed by atoms with van der Waals surface area (Å²) in [5, 5.41) is 16.0. The van der Waals surface area contributed by atoms with Gasteiger partial charge in [0.05, 0.1) is 27.7 Å². The summed E-state index contributed by atoms with van der Waals surface area (Å²) in [6, 6.07) is 18.4. The van der Waals surface area contributed by atoms with Gasteiger partial charge >= 0.3 is 5.97 Å². The Morgan fingerprint density at radius 3 is 2.38 bits per heavy atom. The maximum Gasteiger partial charge on any atom is 0.338 e. The number of nitrogens with one attached hydrogen (secondary N) is 2. The molecule has 0 atom stereocenters. The van der Waals surface area contributed by atoms with E-state index in [4.69, 9.17) is 20.0 Å². The highest BCUT2D eigenvalue weighted by molar-refractivity contribution is 8.19. The normalized spacial score (nSPS) is 14.3. The van der Waals surface area contributed by atoms with Crippen LogP contribution in [0.3, 0.4) is 0 Å². The SMILES string of the molecule is CCOC(=O)c1ccc(N2C(=N)S/C(=C\c3ccccc3OCC(=O)Nc3ccc(S(N)(=O)=O)cc3)C2=O)cc1. The van der Waals surface area contributed by atoms with Crippen LogP contribution in [0.1, 0.15) is 22.8 Å². The van der Waals surface area contributed by atoms with E-state index in [1.54, 1.807) is 49.4 Å². The van der Waals surface area contributed by atoms with Crippen molar-refractivity contribution in [2.75, 3.05) is 23.4 Å². The largest absolute Gasteiger partial charge is 0.483 e. The Balaban J connectivity index is 1.44. The van der Waals surface area contributed by atoms with E-state index in [9.17, 15) is 22.8 Å². The van der Waals surface area contributed by atoms with Crippen molar-refractivity contribution in [1.82, 2.24) is 0 Å². The summed E-state index contributed by atoms with van der Waals surface area (Å²) in [6.45, 7) is 1.60. The van der Waals surface area contributed by atoms with Crippen molar-refractivity contribution in [3.05, 3.63) is 88.8 Å². The maximum absolute atomic E-state index is 13.2. The quantitative estimate of drug-likeness (QED) is 0.255. The maximum atomic E-state index is 13.2. The van der Waals surface area contributed by atoms with Crippen LogP contribution < -0.4 is 20.1 Å². The zero-order chi connectivity index (χ0) is 28.9. The van der Waals surface area contributed by atoms with Gasteiger partial charge in [-0.1, -0.05) is 18.2 Å². The molecule has 1 aliphatic heterocycles. The molecule has 0 saturated carbocycles. The number of amidine groups is 1. The van der Waals surface area contributed by atoms with Crippen LogP contribution >= 0.6 is 11.8 Å². The fourth-order valence-corrected chi connectivity index (χ4v) is 4.99. The molecule has 1 saturated heterocycles. The summed E-state index contributed by atoms with van der Waals surface area (Å²) in [6.07, 6.45) is 1.58. The van der Waals surface area contributed by atoms with Crippen LogP contribution in [0, 0.1) is 5.41 Å². The topological polar surface area (TPSA) is 169 Å². The van der Waals surface area contributed by atoms with E-state index < -0.39 is 27.8 Å². The number of para-hydroxylation sites is 1. The van der Waals surface area contributed by atoms with Gasteiger partial charge in [0.2, 0.25) is 10.0 Å². The number of ether oxygens (including phenoxy) is 2. The van der Waals surface area contributed by atoms with E-state index in [2.05, 4.69) is 5.32 Å². The Labute approximate surface area is 234 Å². The van der Waals surface area contributed by atoms with Crippen molar-refractivity contribution in [2.24, 2.45) is 5.14 Å². The van der Waals surface area contributed by atoms with Crippen molar-refractivity contribution < 1.29 is 32.3 Å². The molecule has 0 spiro atoms. The van der Waals surface area contributed by atoms with E-state index in [1.165, 1.54) is 41.3 Å². The zero-order valence-electron chi connectivity index (χ0n) is 21.1. The second kappa shape index (κ2) is 12.2. The minimum Gasteiger partial charge on any atom is -0.483 e. The van der Waals surface area contributed by atoms with E-state index in [-0.39, 0.29) is 28.2 Å². The molecular formula is C27H24N4O7S2. The van der Waals surface area contributed by atoms with Crippen molar-refractivity contribution in [3.8, 4) is 5.75 Å². The summed E-state index contributed by atoms with van der Waals surface area (Å²) in [5.41, 5.74) is 1.65. The Hall–Kier alpha value is -4.46. The number of sulfonamides is 1. The van der Waals surface area contributed by atoms with Gasteiger partial charge in [0, 0.05) is 11.3 Å². The molecule has 0 aliphatic carbocycles. The van der Waals surface area contributed by atoms with Crippen LogP contribution in [0.2, 0.25) is 0 Å². The molecule has 4 rings (SSSR count). The second-order valence-corrected chi connectivity index (χ2v) is 10.9. The monoisotopic (exact) mass is 580 g/mol. The molecule has 0 unspecified atom stereocenters. The van der Waals surface area contributed by atoms with Gasteiger partial charge in [0.25, 0.3) is 11.8 Å². The van der Waals surface area contributed by atoms with Gasteiger partial charge in [-0.2, -0.15) is 0 Å². The third kappa shape index (κ3) is 6.75. The first-order chi connectivity index (χ1) is 19.1. The van der Waals surface area contributed by atoms with Crippen LogP contribution in [0.5, 0.6) is 5.75 Å². The highest BCUT2D eigenvalue weighted by Gasteiger charge is 2.33. The lowest BCUT2D eigenvalue weighted by molar-refractivity contribution is -0.118. The van der Waals surface area contributed by atoms with Crippen LogP contribution in [-0.4, -0.2) is 44.6 Å². The summed E-state index contributed by atoms with van der Waals surface area (Å²) in [7, 11) is -3.84. The minimum absolute atomic E-state index is 0.00799. The lowest BCUT2D eigenvalue weighted by atomic mass is 10.1. The summed E-state index contributed by atoms with van der Waals surface area (Å²) in [5.74, 6) is -1.05. The fourth-order valence-electron chi connectivity index (χ4n) is 3.62. The van der Waals surface area contributed by atoms with E-state index in [0.29, 0.717) is 28.3 Å². The van der Waals surface area contributed by atoms with Gasteiger partial charge in [-0.05, 0) is 79.4 Å². The highest BCUT2D eigenvalue weighted by Crippen LogP contribution is 2.36. The van der Waals surface area contributed by atoms with Crippen LogP contribution in [0.4, 0.5) is 11.4 Å². The number of nitrogens with zero attached hydrogens (tertiary/aromatic N) is 1. The Morgan fingerprint density at radius 2 is 1.73 bits per heavy atom. The number of amides is 2. The average Bonchev–Trinajstić information content (AvgIpc) is 3.20. The van der Waals surface area contributed by atoms with Crippen LogP contribution in [0.15, 0.2) is 82.6 Å². The summed E-state index contributed by atoms with van der Waals surface area (Å²) in [4.78, 5) is 38.9. The van der Waals surface area contributed by atoms with Gasteiger partial charge in [-0.3, -0.25) is 19.9 Å². The number of thioether (sulfide) groups is 1. The lowest BCUT2D eigenvalue weighted by Gasteiger charge is -2.14. The minimum atomic E-state index is -3.84. The molecule has 4 N–H and O–H groups in total. The number of hydrogen-bond donors (Lipinski definition) is 3. The highest BCUT2D eigenvalue weighted by atomic mass is 32.2. The Kier molecular flexibility index (Phi) is 8.67. The number of esters is 1. The molecule has 3 aromatic rings. The zero-order valence-corrected chi connectivity index (χ0v) is 22.8. The molecule has 1 heterocycles. The molecule has 1 fully saturated rings. The number of rotatable bonds is 9. The van der Waals surface area contributed by atoms with Gasteiger partial charge in [-0.25, -0.2) is 18.4 Å². The van der Waals surface area contributed by atoms with Gasteiger partial charge in [0.1, 0.15) is 5.75 Å². The number of carbonyl (C=O) groups is 3. The molecule has 0 radical (unpaired) electrons. The van der Waals surface area contributed by atoms with Crippen molar-refractivity contribution in [3.63, 3.8) is 0 Å². The van der Waals surface area contributed by atoms with E-state index in [1.807, 2.05) is 0 Å². The van der Waals surface area contributed by atoms with E-state index in [0.717, 1.165) is 11.8 Å². The molecule has 206 valence electrons. The molecule has 13 heteroatoms. The smallest absolute Gasteiger partial charge is 0.338 e. The first kappa shape index (κ1) is 28.5. The summed E-state index contributed by atoms with van der Waals surface area (Å²) < 4.78 is 33.4. The first-order valence-electron chi connectivity index (χ1n) is 11.8. The standard InChI is InChI=1S/C27H24N4O7S2/c1-2-37-26(34)17-7-11-20(12-8-17)31-25(33)23(39-27(31)28)15-18-5-3-4-6-22(18)38-16-24(32)30-19-9-13-21(14-10-19)40(29,35)36/h3-15,28H,2,16H2,1H3,(H,30,32)(H2,29,35,36)/b23-15-,28-27?. The number of anilines is 2. The van der Waals surface area contributed by atoms with Crippen LogP contribution in [-0.2, 0) is 24.3 Å². The average molecular weight is 581 g/mol. The molecule has 11 nitrogen and oxygen atoms in total. The van der Waals surface area contributed by atoms with Crippen molar-refractivity contribution in [2.45, 2.75) is 11.8 Å². The van der Waals surface area contributed by atoms with Gasteiger partial charge < -0.3 is 14.8 Å². The molecule has 2 amide bonds. The molecule has 0 bridgehead atoms. The van der Waals surface area contributed by atoms with Crippen molar-refractivity contribution in [1.29, 1.82) is 5.41 Å². The summed E-state index contributed by atoms with van der Waals surface area (Å²) >= 11 is 0.970. The van der Waals surface area contributed by atoms with Crippen LogP contribution in [0.25, 0.3) is 6.08 Å². The Bertz CT molecular complexity index is 1600. The third-order valence-corrected chi connectivity index (χ3v) is 7.31.